The Kier molecular flexibility index (Phi) is 3.75. The van der Waals surface area contributed by atoms with Gasteiger partial charge in [-0.1, -0.05) is 36.9 Å². The molecule has 3 aliphatic rings. The number of dihydropyridines is 1. The van der Waals surface area contributed by atoms with E-state index in [9.17, 15) is 0 Å². The molecule has 0 aromatic carbocycles. The molecule has 18 heavy (non-hydrogen) atoms. The molecule has 0 spiro atoms. The maximum Gasteiger partial charge on any atom is 0.129 e. The predicted molar refractivity (Wildman–Crippen MR) is 79.3 cm³/mol. The zero-order chi connectivity index (χ0) is 12.4. The fourth-order valence-corrected chi connectivity index (χ4v) is 3.95. The van der Waals surface area contributed by atoms with Crippen LogP contribution in [-0.4, -0.2) is 22.8 Å². The number of allylic oxidation sites excluding steroid dienone is 1. The van der Waals surface area contributed by atoms with E-state index < -0.39 is 0 Å². The average Bonchev–Trinajstić information content (AvgIpc) is 2.41. The number of hydrogen-bond acceptors (Lipinski definition) is 4. The Bertz CT molecular complexity index is 447. The quantitative estimate of drug-likeness (QED) is 0.842. The smallest absolute Gasteiger partial charge is 0.129 e. The Balaban J connectivity index is 1.78. The van der Waals surface area contributed by atoms with Gasteiger partial charge in [0.25, 0.3) is 0 Å². The molecule has 0 radical (unpaired) electrons. The van der Waals surface area contributed by atoms with Crippen molar-refractivity contribution >= 4 is 34.9 Å². The molecule has 5 heteroatoms. The van der Waals surface area contributed by atoms with Crippen molar-refractivity contribution in [2.75, 3.05) is 0 Å². The van der Waals surface area contributed by atoms with Crippen LogP contribution < -0.4 is 5.32 Å². The number of aliphatic imine (C=N–C) groups is 2. The second-order valence-electron chi connectivity index (χ2n) is 4.75. The second-order valence-corrected chi connectivity index (χ2v) is 6.45. The van der Waals surface area contributed by atoms with Gasteiger partial charge in [-0.05, 0) is 18.9 Å². The lowest BCUT2D eigenvalue weighted by atomic mass is 10.0. The van der Waals surface area contributed by atoms with Crippen LogP contribution in [0.25, 0.3) is 0 Å². The van der Waals surface area contributed by atoms with Crippen molar-refractivity contribution < 1.29 is 0 Å². The number of nitrogens with one attached hydrogen (secondary N) is 1. The van der Waals surface area contributed by atoms with Gasteiger partial charge in [0.1, 0.15) is 16.9 Å². The first kappa shape index (κ1) is 12.3. The summed E-state index contributed by atoms with van der Waals surface area (Å²) in [6.45, 7) is 0. The summed E-state index contributed by atoms with van der Waals surface area (Å²) in [6.07, 6.45) is 12.3. The first-order valence-corrected chi connectivity index (χ1v) is 7.70. The van der Waals surface area contributed by atoms with Crippen LogP contribution in [0.3, 0.4) is 0 Å². The number of thioether (sulfide) groups is 1. The zero-order valence-corrected chi connectivity index (χ0v) is 11.7. The minimum atomic E-state index is 0.0415. The summed E-state index contributed by atoms with van der Waals surface area (Å²) in [5.41, 5.74) is 0.973. The fourth-order valence-electron chi connectivity index (χ4n) is 2.48. The Hall–Kier alpha value is -0.740. The number of fused-ring (bicyclic) bond motifs is 1. The third kappa shape index (κ3) is 2.64. The molecule has 0 aromatic heterocycles. The van der Waals surface area contributed by atoms with Gasteiger partial charge in [-0.15, -0.1) is 11.8 Å². The van der Waals surface area contributed by atoms with Crippen LogP contribution in [0, 0.1) is 0 Å². The second kappa shape index (κ2) is 5.49. The minimum Gasteiger partial charge on any atom is -0.340 e. The summed E-state index contributed by atoms with van der Waals surface area (Å²) < 4.78 is 0. The standard InChI is InChI=1S/C13H16ClN3S/c14-11-7-6-10-12(17-11)13(16-8-15-10)18-9-4-2-1-3-5-9/h6-10H,1-5H2,(H,15,16). The van der Waals surface area contributed by atoms with Crippen LogP contribution in [-0.2, 0) is 0 Å². The Morgan fingerprint density at radius 2 is 2.11 bits per heavy atom. The van der Waals surface area contributed by atoms with Gasteiger partial charge in [-0.3, -0.25) is 4.99 Å². The fraction of sp³-hybridized carbons (Fsp3) is 0.538. The van der Waals surface area contributed by atoms with Crippen molar-refractivity contribution in [3.8, 4) is 0 Å². The Morgan fingerprint density at radius 1 is 1.28 bits per heavy atom. The molecule has 0 aromatic rings. The van der Waals surface area contributed by atoms with Gasteiger partial charge < -0.3 is 5.32 Å². The van der Waals surface area contributed by atoms with Crippen molar-refractivity contribution in [3.63, 3.8) is 0 Å². The van der Waals surface area contributed by atoms with Gasteiger partial charge in [-0.25, -0.2) is 4.99 Å². The maximum atomic E-state index is 5.98. The van der Waals surface area contributed by atoms with Gasteiger partial charge in [0.15, 0.2) is 0 Å². The van der Waals surface area contributed by atoms with E-state index in [4.69, 9.17) is 11.6 Å². The van der Waals surface area contributed by atoms with Crippen LogP contribution in [0.15, 0.2) is 32.9 Å². The van der Waals surface area contributed by atoms with Crippen LogP contribution in [0.4, 0.5) is 0 Å². The lowest BCUT2D eigenvalue weighted by Gasteiger charge is -2.26. The van der Waals surface area contributed by atoms with Crippen molar-refractivity contribution in [1.82, 2.24) is 5.32 Å². The highest BCUT2D eigenvalue weighted by atomic mass is 35.5. The first-order chi connectivity index (χ1) is 8.83. The SMILES string of the molecule is ClC1=NC2=C(SC3CCCCC3)NC=NC2C=C1. The molecule has 2 heterocycles. The van der Waals surface area contributed by atoms with E-state index >= 15 is 0 Å². The monoisotopic (exact) mass is 281 g/mol. The summed E-state index contributed by atoms with van der Waals surface area (Å²) in [5, 5.41) is 5.62. The number of rotatable bonds is 2. The molecule has 2 aliphatic heterocycles. The maximum absolute atomic E-state index is 5.98. The minimum absolute atomic E-state index is 0.0415. The molecule has 0 amide bonds. The van der Waals surface area contributed by atoms with Crippen LogP contribution >= 0.6 is 23.4 Å². The third-order valence-corrected chi connectivity index (χ3v) is 5.00. The van der Waals surface area contributed by atoms with Crippen molar-refractivity contribution in [3.05, 3.63) is 22.9 Å². The normalized spacial score (nSPS) is 27.8. The summed E-state index contributed by atoms with van der Waals surface area (Å²) in [5.74, 6) is 0. The van der Waals surface area contributed by atoms with Gasteiger partial charge in [0, 0.05) is 5.25 Å². The van der Waals surface area contributed by atoms with Gasteiger partial charge in [-0.2, -0.15) is 0 Å². The molecule has 3 nitrogen and oxygen atoms in total. The molecule has 96 valence electrons. The zero-order valence-electron chi connectivity index (χ0n) is 10.1. The summed E-state index contributed by atoms with van der Waals surface area (Å²) >= 11 is 7.89. The van der Waals surface area contributed by atoms with Gasteiger partial charge >= 0.3 is 0 Å². The molecule has 1 aliphatic carbocycles. The van der Waals surface area contributed by atoms with E-state index in [0.717, 1.165) is 10.7 Å². The van der Waals surface area contributed by atoms with Crippen LogP contribution in [0.5, 0.6) is 0 Å². The largest absolute Gasteiger partial charge is 0.340 e. The molecule has 3 rings (SSSR count). The Labute approximate surface area is 116 Å². The molecule has 1 fully saturated rings. The van der Waals surface area contributed by atoms with E-state index in [1.165, 1.54) is 32.1 Å². The van der Waals surface area contributed by atoms with Crippen molar-refractivity contribution in [2.45, 2.75) is 43.4 Å². The lowest BCUT2D eigenvalue weighted by Crippen LogP contribution is -2.25. The topological polar surface area (TPSA) is 36.8 Å². The third-order valence-electron chi connectivity index (χ3n) is 3.42. The number of halogens is 1. The molecule has 1 saturated carbocycles. The molecule has 1 N–H and O–H groups in total. The summed E-state index contributed by atoms with van der Waals surface area (Å²) in [7, 11) is 0. The molecule has 1 atom stereocenters. The molecule has 0 saturated heterocycles. The molecule has 0 bridgehead atoms. The molecule has 1 unspecified atom stereocenters. The first-order valence-electron chi connectivity index (χ1n) is 6.44. The van der Waals surface area contributed by atoms with Crippen molar-refractivity contribution in [1.29, 1.82) is 0 Å². The van der Waals surface area contributed by atoms with Gasteiger partial charge in [0.2, 0.25) is 0 Å². The average molecular weight is 282 g/mol. The highest BCUT2D eigenvalue weighted by Crippen LogP contribution is 2.36. The highest BCUT2D eigenvalue weighted by molar-refractivity contribution is 8.03. The number of nitrogens with zero attached hydrogens (tertiary/aromatic N) is 2. The lowest BCUT2D eigenvalue weighted by molar-refractivity contribution is 0.516. The van der Waals surface area contributed by atoms with E-state index in [-0.39, 0.29) is 6.04 Å². The molecular weight excluding hydrogens is 266 g/mol. The van der Waals surface area contributed by atoms with Gasteiger partial charge in [0.05, 0.1) is 11.4 Å². The highest BCUT2D eigenvalue weighted by Gasteiger charge is 2.24. The molecular formula is C13H16ClN3S. The van der Waals surface area contributed by atoms with Crippen LogP contribution in [0.2, 0.25) is 0 Å². The summed E-state index contributed by atoms with van der Waals surface area (Å²) in [4.78, 5) is 8.80. The van der Waals surface area contributed by atoms with E-state index in [0.29, 0.717) is 10.4 Å². The van der Waals surface area contributed by atoms with Crippen molar-refractivity contribution in [2.24, 2.45) is 9.98 Å². The van der Waals surface area contributed by atoms with E-state index in [1.807, 2.05) is 23.9 Å². The van der Waals surface area contributed by atoms with E-state index in [2.05, 4.69) is 15.3 Å². The Morgan fingerprint density at radius 3 is 2.94 bits per heavy atom. The van der Waals surface area contributed by atoms with E-state index in [1.54, 1.807) is 6.34 Å². The predicted octanol–water partition coefficient (Wildman–Crippen LogP) is 3.43. The summed E-state index contributed by atoms with van der Waals surface area (Å²) in [6, 6.07) is 0.0415. The number of hydrogen-bond donors (Lipinski definition) is 1. The van der Waals surface area contributed by atoms with Crippen LogP contribution in [0.1, 0.15) is 32.1 Å².